The van der Waals surface area contributed by atoms with Gasteiger partial charge >= 0.3 is 0 Å². The lowest BCUT2D eigenvalue weighted by molar-refractivity contribution is -0.123. The van der Waals surface area contributed by atoms with Crippen molar-refractivity contribution in [3.8, 4) is 0 Å². The Morgan fingerprint density at radius 1 is 1.38 bits per heavy atom. The number of benzene rings is 1. The van der Waals surface area contributed by atoms with E-state index in [1.165, 1.54) is 0 Å². The first-order valence-corrected chi connectivity index (χ1v) is 7.89. The summed E-state index contributed by atoms with van der Waals surface area (Å²) in [4.78, 5) is 12.4. The van der Waals surface area contributed by atoms with Crippen LogP contribution < -0.4 is 5.32 Å². The summed E-state index contributed by atoms with van der Waals surface area (Å²) in [5.74, 6) is -0.103. The maximum absolute atomic E-state index is 12.4. The molecule has 1 amide bonds. The van der Waals surface area contributed by atoms with Gasteiger partial charge in [0.15, 0.2) is 0 Å². The molecule has 8 heteroatoms. The normalized spacial score (nSPS) is 20.5. The third-order valence-corrected chi connectivity index (χ3v) is 4.30. The molecule has 1 aliphatic heterocycles. The first-order chi connectivity index (χ1) is 11.7. The van der Waals surface area contributed by atoms with Crippen LogP contribution in [-0.2, 0) is 23.1 Å². The molecular weight excluding hydrogens is 308 g/mol. The van der Waals surface area contributed by atoms with Gasteiger partial charge < -0.3 is 10.1 Å². The number of para-hydroxylation sites is 1. The fourth-order valence-electron chi connectivity index (χ4n) is 3.11. The maximum atomic E-state index is 12.4. The summed E-state index contributed by atoms with van der Waals surface area (Å²) in [6.07, 6.45) is 2.34. The molecule has 1 aliphatic rings. The van der Waals surface area contributed by atoms with Crippen molar-refractivity contribution in [3.05, 3.63) is 42.2 Å². The molecule has 0 saturated carbocycles. The van der Waals surface area contributed by atoms with Gasteiger partial charge in [-0.25, -0.2) is 4.68 Å². The predicted octanol–water partition coefficient (Wildman–Crippen LogP) is 0.811. The molecule has 3 aromatic rings. The molecule has 4 rings (SSSR count). The average molecular weight is 326 g/mol. The Morgan fingerprint density at radius 2 is 2.25 bits per heavy atom. The van der Waals surface area contributed by atoms with Gasteiger partial charge in [-0.3, -0.25) is 9.48 Å². The highest BCUT2D eigenvalue weighted by molar-refractivity contribution is 5.79. The molecule has 1 aromatic carbocycles. The van der Waals surface area contributed by atoms with Gasteiger partial charge in [0.1, 0.15) is 18.2 Å². The Labute approximate surface area is 138 Å². The molecule has 124 valence electrons. The van der Waals surface area contributed by atoms with E-state index < -0.39 is 0 Å². The standard InChI is InChI=1S/C16H18N6O2/c1-21-14(6-8-17-21)16-12(7-9-24-16)18-15(23)10-22-13-5-3-2-4-11(13)19-20-22/h2-6,8,12,16H,7,9-10H2,1H3,(H,18,23)/t12-,16-/m0/s1. The summed E-state index contributed by atoms with van der Waals surface area (Å²) >= 11 is 0. The number of fused-ring (bicyclic) bond motifs is 1. The number of carbonyl (C=O) groups excluding carboxylic acids is 1. The largest absolute Gasteiger partial charge is 0.370 e. The van der Waals surface area contributed by atoms with Crippen molar-refractivity contribution in [1.29, 1.82) is 0 Å². The van der Waals surface area contributed by atoms with Crippen LogP contribution >= 0.6 is 0 Å². The van der Waals surface area contributed by atoms with E-state index in [1.54, 1.807) is 15.6 Å². The molecule has 1 N–H and O–H groups in total. The Bertz CT molecular complexity index is 870. The summed E-state index contributed by atoms with van der Waals surface area (Å²) in [7, 11) is 1.87. The van der Waals surface area contributed by atoms with Crippen molar-refractivity contribution in [2.75, 3.05) is 6.61 Å². The lowest BCUT2D eigenvalue weighted by Gasteiger charge is -2.20. The number of amides is 1. The number of rotatable bonds is 4. The number of aromatic nitrogens is 5. The molecule has 0 aliphatic carbocycles. The van der Waals surface area contributed by atoms with E-state index in [2.05, 4.69) is 20.7 Å². The highest BCUT2D eigenvalue weighted by Crippen LogP contribution is 2.28. The fraction of sp³-hybridized carbons (Fsp3) is 0.375. The molecule has 3 heterocycles. The van der Waals surface area contributed by atoms with Gasteiger partial charge in [-0.15, -0.1) is 5.10 Å². The topological polar surface area (TPSA) is 86.9 Å². The van der Waals surface area contributed by atoms with E-state index in [0.717, 1.165) is 23.1 Å². The van der Waals surface area contributed by atoms with Gasteiger partial charge in [-0.05, 0) is 24.6 Å². The number of ether oxygens (including phenoxy) is 1. The maximum Gasteiger partial charge on any atom is 0.242 e. The lowest BCUT2D eigenvalue weighted by atomic mass is 10.1. The van der Waals surface area contributed by atoms with Crippen LogP contribution in [0.15, 0.2) is 36.5 Å². The van der Waals surface area contributed by atoms with Crippen LogP contribution in [0.4, 0.5) is 0 Å². The summed E-state index contributed by atoms with van der Waals surface area (Å²) in [5.41, 5.74) is 2.59. The molecule has 0 radical (unpaired) electrons. The zero-order chi connectivity index (χ0) is 16.5. The van der Waals surface area contributed by atoms with Crippen LogP contribution in [0, 0.1) is 0 Å². The Balaban J connectivity index is 1.47. The molecule has 0 spiro atoms. The number of nitrogens with one attached hydrogen (secondary N) is 1. The third-order valence-electron chi connectivity index (χ3n) is 4.30. The molecule has 1 fully saturated rings. The SMILES string of the molecule is Cn1nccc1[C@H]1OCC[C@@H]1NC(=O)Cn1nnc2ccccc21. The van der Waals surface area contributed by atoms with Crippen LogP contribution in [0.25, 0.3) is 11.0 Å². The summed E-state index contributed by atoms with van der Waals surface area (Å²) in [5, 5.41) is 15.3. The van der Waals surface area contributed by atoms with Crippen LogP contribution in [0.5, 0.6) is 0 Å². The number of hydrogen-bond donors (Lipinski definition) is 1. The van der Waals surface area contributed by atoms with Gasteiger partial charge in [-0.1, -0.05) is 17.3 Å². The molecule has 1 saturated heterocycles. The second-order valence-electron chi connectivity index (χ2n) is 5.87. The van der Waals surface area contributed by atoms with Crippen molar-refractivity contribution in [1.82, 2.24) is 30.1 Å². The van der Waals surface area contributed by atoms with E-state index in [0.29, 0.717) is 6.61 Å². The number of nitrogens with zero attached hydrogens (tertiary/aromatic N) is 5. The Kier molecular flexibility index (Phi) is 3.73. The summed E-state index contributed by atoms with van der Waals surface area (Å²) in [6.45, 7) is 0.752. The minimum absolute atomic E-state index is 0.0670. The molecule has 2 aromatic heterocycles. The Morgan fingerprint density at radius 3 is 3.08 bits per heavy atom. The molecule has 0 unspecified atom stereocenters. The van der Waals surface area contributed by atoms with E-state index in [1.807, 2.05) is 37.4 Å². The summed E-state index contributed by atoms with van der Waals surface area (Å²) in [6, 6.07) is 9.43. The van der Waals surface area contributed by atoms with Crippen molar-refractivity contribution in [2.24, 2.45) is 7.05 Å². The van der Waals surface area contributed by atoms with Crippen molar-refractivity contribution in [3.63, 3.8) is 0 Å². The van der Waals surface area contributed by atoms with E-state index in [9.17, 15) is 4.79 Å². The number of aryl methyl sites for hydroxylation is 1. The molecule has 8 nitrogen and oxygen atoms in total. The molecule has 2 atom stereocenters. The van der Waals surface area contributed by atoms with Crippen molar-refractivity contribution >= 4 is 16.9 Å². The smallest absolute Gasteiger partial charge is 0.242 e. The Hall–Kier alpha value is -2.74. The fourth-order valence-corrected chi connectivity index (χ4v) is 3.11. The highest BCUT2D eigenvalue weighted by atomic mass is 16.5. The lowest BCUT2D eigenvalue weighted by Crippen LogP contribution is -2.39. The second kappa shape index (κ2) is 6.04. The first-order valence-electron chi connectivity index (χ1n) is 7.89. The molecular formula is C16H18N6O2. The zero-order valence-corrected chi connectivity index (χ0v) is 13.3. The predicted molar refractivity (Wildman–Crippen MR) is 86.0 cm³/mol. The van der Waals surface area contributed by atoms with Crippen LogP contribution in [-0.4, -0.2) is 43.3 Å². The van der Waals surface area contributed by atoms with Gasteiger partial charge in [0, 0.05) is 19.9 Å². The first kappa shape index (κ1) is 14.8. The van der Waals surface area contributed by atoms with Gasteiger partial charge in [0.2, 0.25) is 5.91 Å². The zero-order valence-electron chi connectivity index (χ0n) is 13.3. The van der Waals surface area contributed by atoms with Crippen molar-refractivity contribution in [2.45, 2.75) is 25.1 Å². The van der Waals surface area contributed by atoms with Gasteiger partial charge in [-0.2, -0.15) is 5.10 Å². The van der Waals surface area contributed by atoms with E-state index >= 15 is 0 Å². The van der Waals surface area contributed by atoms with Crippen LogP contribution in [0.2, 0.25) is 0 Å². The quantitative estimate of drug-likeness (QED) is 0.767. The van der Waals surface area contributed by atoms with Crippen LogP contribution in [0.1, 0.15) is 18.2 Å². The monoisotopic (exact) mass is 326 g/mol. The summed E-state index contributed by atoms with van der Waals surface area (Å²) < 4.78 is 9.18. The van der Waals surface area contributed by atoms with Gasteiger partial charge in [0.05, 0.1) is 17.3 Å². The third kappa shape index (κ3) is 2.65. The van der Waals surface area contributed by atoms with E-state index in [4.69, 9.17) is 4.74 Å². The minimum Gasteiger partial charge on any atom is -0.370 e. The van der Waals surface area contributed by atoms with Gasteiger partial charge in [0.25, 0.3) is 0 Å². The molecule has 24 heavy (non-hydrogen) atoms. The number of hydrogen-bond acceptors (Lipinski definition) is 5. The average Bonchev–Trinajstić information content (AvgIpc) is 3.28. The minimum atomic E-state index is -0.172. The highest BCUT2D eigenvalue weighted by Gasteiger charge is 2.32. The second-order valence-corrected chi connectivity index (χ2v) is 5.87. The van der Waals surface area contributed by atoms with E-state index in [-0.39, 0.29) is 24.6 Å². The molecule has 0 bridgehead atoms. The number of carbonyl (C=O) groups is 1. The van der Waals surface area contributed by atoms with Crippen LogP contribution in [0.3, 0.4) is 0 Å². The van der Waals surface area contributed by atoms with Crippen molar-refractivity contribution < 1.29 is 9.53 Å².